The summed E-state index contributed by atoms with van der Waals surface area (Å²) < 4.78 is 0.955. The SMILES string of the molecule is CC(C)C(C)N(C(=O)c1cccc2ccccc12)c1ccc2ccccc2c1Br. The Morgan fingerprint density at radius 1 is 0.759 bits per heavy atom. The lowest BCUT2D eigenvalue weighted by atomic mass is 9.98. The highest BCUT2D eigenvalue weighted by Gasteiger charge is 2.28. The van der Waals surface area contributed by atoms with E-state index in [4.69, 9.17) is 0 Å². The first-order valence-corrected chi connectivity index (χ1v) is 10.8. The van der Waals surface area contributed by atoms with Gasteiger partial charge in [-0.1, -0.05) is 80.6 Å². The van der Waals surface area contributed by atoms with Gasteiger partial charge in [0.05, 0.1) is 5.69 Å². The Morgan fingerprint density at radius 3 is 2.03 bits per heavy atom. The molecule has 1 atom stereocenters. The van der Waals surface area contributed by atoms with E-state index in [0.717, 1.165) is 37.3 Å². The first-order chi connectivity index (χ1) is 14.0. The number of anilines is 1. The Hall–Kier alpha value is -2.65. The van der Waals surface area contributed by atoms with E-state index in [9.17, 15) is 4.79 Å². The van der Waals surface area contributed by atoms with Crippen LogP contribution in [0.2, 0.25) is 0 Å². The zero-order valence-corrected chi connectivity index (χ0v) is 18.5. The smallest absolute Gasteiger partial charge is 0.259 e. The van der Waals surface area contributed by atoms with E-state index in [2.05, 4.69) is 54.9 Å². The molecule has 4 aromatic rings. The van der Waals surface area contributed by atoms with Crippen LogP contribution in [-0.4, -0.2) is 11.9 Å². The molecule has 29 heavy (non-hydrogen) atoms. The number of benzene rings is 4. The quantitative estimate of drug-likeness (QED) is 0.319. The van der Waals surface area contributed by atoms with Gasteiger partial charge >= 0.3 is 0 Å². The van der Waals surface area contributed by atoms with Crippen molar-refractivity contribution in [3.05, 3.63) is 88.9 Å². The second kappa shape index (κ2) is 8.00. The first kappa shape index (κ1) is 19.7. The number of hydrogen-bond donors (Lipinski definition) is 0. The van der Waals surface area contributed by atoms with E-state index in [-0.39, 0.29) is 11.9 Å². The summed E-state index contributed by atoms with van der Waals surface area (Å²) in [5.41, 5.74) is 1.64. The van der Waals surface area contributed by atoms with Crippen LogP contribution in [-0.2, 0) is 0 Å². The Morgan fingerprint density at radius 2 is 1.34 bits per heavy atom. The summed E-state index contributed by atoms with van der Waals surface area (Å²) >= 11 is 3.80. The molecule has 0 aliphatic rings. The summed E-state index contributed by atoms with van der Waals surface area (Å²) in [4.78, 5) is 15.8. The number of halogens is 1. The zero-order chi connectivity index (χ0) is 20.5. The molecule has 2 nitrogen and oxygen atoms in total. The highest BCUT2D eigenvalue weighted by molar-refractivity contribution is 9.10. The predicted octanol–water partition coefficient (Wildman–Crippen LogP) is 7.45. The molecule has 0 aliphatic carbocycles. The van der Waals surface area contributed by atoms with E-state index >= 15 is 0 Å². The Labute approximate surface area is 180 Å². The molecule has 3 heteroatoms. The third-order valence-corrected chi connectivity index (χ3v) is 6.55. The summed E-state index contributed by atoms with van der Waals surface area (Å²) in [7, 11) is 0. The minimum atomic E-state index is 0.0268. The standard InChI is InChI=1S/C26H24BrNO/c1-17(2)18(3)28(24-16-15-20-10-5-7-13-22(20)25(24)27)26(29)23-14-8-11-19-9-4-6-12-21(19)23/h4-18H,1-3H3. The summed E-state index contributed by atoms with van der Waals surface area (Å²) in [6.45, 7) is 6.43. The summed E-state index contributed by atoms with van der Waals surface area (Å²) in [6, 6.07) is 26.4. The maximum absolute atomic E-state index is 13.9. The minimum absolute atomic E-state index is 0.0268. The van der Waals surface area contributed by atoms with Gasteiger partial charge in [0.1, 0.15) is 0 Å². The van der Waals surface area contributed by atoms with Crippen molar-refractivity contribution in [2.24, 2.45) is 5.92 Å². The van der Waals surface area contributed by atoms with Gasteiger partial charge < -0.3 is 4.90 Å². The predicted molar refractivity (Wildman–Crippen MR) is 127 cm³/mol. The van der Waals surface area contributed by atoms with Crippen molar-refractivity contribution in [2.45, 2.75) is 26.8 Å². The molecular weight excluding hydrogens is 422 g/mol. The van der Waals surface area contributed by atoms with E-state index < -0.39 is 0 Å². The molecule has 0 aliphatic heterocycles. The van der Waals surface area contributed by atoms with Crippen molar-refractivity contribution in [3.8, 4) is 0 Å². The molecule has 0 saturated heterocycles. The Balaban J connectivity index is 1.91. The van der Waals surface area contributed by atoms with E-state index in [1.54, 1.807) is 0 Å². The van der Waals surface area contributed by atoms with Crippen LogP contribution in [0, 0.1) is 5.92 Å². The van der Waals surface area contributed by atoms with Crippen molar-refractivity contribution < 1.29 is 4.79 Å². The maximum Gasteiger partial charge on any atom is 0.259 e. The Kier molecular flexibility index (Phi) is 5.42. The number of rotatable bonds is 4. The van der Waals surface area contributed by atoms with Crippen LogP contribution in [0.15, 0.2) is 83.3 Å². The van der Waals surface area contributed by atoms with Crippen molar-refractivity contribution in [1.82, 2.24) is 0 Å². The second-order valence-corrected chi connectivity index (χ2v) is 8.60. The fourth-order valence-corrected chi connectivity index (χ4v) is 4.45. The van der Waals surface area contributed by atoms with Crippen LogP contribution in [0.25, 0.3) is 21.5 Å². The summed E-state index contributed by atoms with van der Waals surface area (Å²) in [5, 5.41) is 4.32. The fraction of sp³-hybridized carbons (Fsp3) is 0.192. The molecule has 0 fully saturated rings. The molecular formula is C26H24BrNO. The third-order valence-electron chi connectivity index (χ3n) is 5.71. The number of nitrogens with zero attached hydrogens (tertiary/aromatic N) is 1. The van der Waals surface area contributed by atoms with Gasteiger partial charge in [-0.15, -0.1) is 0 Å². The van der Waals surface area contributed by atoms with E-state index in [0.29, 0.717) is 5.92 Å². The molecule has 0 heterocycles. The molecule has 0 aromatic heterocycles. The molecule has 0 bridgehead atoms. The third kappa shape index (κ3) is 3.56. The summed E-state index contributed by atoms with van der Waals surface area (Å²) in [5.74, 6) is 0.339. The van der Waals surface area contributed by atoms with Gasteiger partial charge in [-0.05, 0) is 62.4 Å². The van der Waals surface area contributed by atoms with Crippen LogP contribution in [0.1, 0.15) is 31.1 Å². The Bertz CT molecular complexity index is 1190. The van der Waals surface area contributed by atoms with Crippen LogP contribution < -0.4 is 4.90 Å². The summed E-state index contributed by atoms with van der Waals surface area (Å²) in [6.07, 6.45) is 0. The van der Waals surface area contributed by atoms with Crippen molar-refractivity contribution in [1.29, 1.82) is 0 Å². The lowest BCUT2D eigenvalue weighted by Gasteiger charge is -2.33. The minimum Gasteiger partial charge on any atom is -0.304 e. The van der Waals surface area contributed by atoms with E-state index in [1.807, 2.05) is 65.6 Å². The number of fused-ring (bicyclic) bond motifs is 2. The number of hydrogen-bond acceptors (Lipinski definition) is 1. The average Bonchev–Trinajstić information content (AvgIpc) is 2.75. The van der Waals surface area contributed by atoms with Gasteiger partial charge in [-0.3, -0.25) is 4.79 Å². The molecule has 0 N–H and O–H groups in total. The molecule has 0 radical (unpaired) electrons. The fourth-order valence-electron chi connectivity index (χ4n) is 3.76. The maximum atomic E-state index is 13.9. The largest absolute Gasteiger partial charge is 0.304 e. The van der Waals surface area contributed by atoms with Gasteiger partial charge in [-0.2, -0.15) is 0 Å². The van der Waals surface area contributed by atoms with Crippen LogP contribution in [0.4, 0.5) is 5.69 Å². The molecule has 0 spiro atoms. The van der Waals surface area contributed by atoms with Gasteiger partial charge in [-0.25, -0.2) is 0 Å². The second-order valence-electron chi connectivity index (χ2n) is 7.81. The topological polar surface area (TPSA) is 20.3 Å². The van der Waals surface area contributed by atoms with Crippen molar-refractivity contribution in [2.75, 3.05) is 4.90 Å². The number of amides is 1. The lowest BCUT2D eigenvalue weighted by molar-refractivity contribution is 0.0974. The highest BCUT2D eigenvalue weighted by atomic mass is 79.9. The molecule has 4 rings (SSSR count). The molecule has 4 aromatic carbocycles. The number of carbonyl (C=O) groups is 1. The molecule has 146 valence electrons. The highest BCUT2D eigenvalue weighted by Crippen LogP contribution is 2.37. The van der Waals surface area contributed by atoms with Crippen molar-refractivity contribution in [3.63, 3.8) is 0 Å². The number of carbonyl (C=O) groups excluding carboxylic acids is 1. The normalized spacial score (nSPS) is 12.4. The van der Waals surface area contributed by atoms with Gasteiger partial charge in [0, 0.05) is 16.1 Å². The first-order valence-electron chi connectivity index (χ1n) is 9.97. The van der Waals surface area contributed by atoms with Crippen molar-refractivity contribution >= 4 is 49.1 Å². The monoisotopic (exact) mass is 445 g/mol. The van der Waals surface area contributed by atoms with E-state index in [1.165, 1.54) is 0 Å². The lowest BCUT2D eigenvalue weighted by Crippen LogP contribution is -2.42. The van der Waals surface area contributed by atoms with Crippen LogP contribution in [0.3, 0.4) is 0 Å². The molecule has 1 unspecified atom stereocenters. The van der Waals surface area contributed by atoms with Gasteiger partial charge in [0.15, 0.2) is 0 Å². The van der Waals surface area contributed by atoms with Crippen LogP contribution >= 0.6 is 15.9 Å². The van der Waals surface area contributed by atoms with Crippen LogP contribution in [0.5, 0.6) is 0 Å². The average molecular weight is 446 g/mol. The van der Waals surface area contributed by atoms with Gasteiger partial charge in [0.2, 0.25) is 0 Å². The molecule has 1 amide bonds. The molecule has 0 saturated carbocycles. The zero-order valence-electron chi connectivity index (χ0n) is 16.9. The van der Waals surface area contributed by atoms with Gasteiger partial charge in [0.25, 0.3) is 5.91 Å².